The topological polar surface area (TPSA) is 129 Å². The first kappa shape index (κ1) is 24.7. The Balaban J connectivity index is 1.79. The molecular formula is C21H24N4O6S2. The van der Waals surface area contributed by atoms with Crippen LogP contribution in [0.5, 0.6) is 5.75 Å². The summed E-state index contributed by atoms with van der Waals surface area (Å²) in [6.07, 6.45) is 0. The lowest BCUT2D eigenvalue weighted by molar-refractivity contribution is -0.388. The summed E-state index contributed by atoms with van der Waals surface area (Å²) in [5, 5.41) is 19.5. The second kappa shape index (κ2) is 10.3. The third kappa shape index (κ3) is 5.70. The number of hydrogen-bond acceptors (Lipinski definition) is 9. The largest absolute Gasteiger partial charge is 0.484 e. The first-order chi connectivity index (χ1) is 15.6. The van der Waals surface area contributed by atoms with E-state index in [1.165, 1.54) is 16.4 Å². The van der Waals surface area contributed by atoms with E-state index >= 15 is 0 Å². The third-order valence-corrected chi connectivity index (χ3v) is 7.76. The highest BCUT2D eigenvalue weighted by molar-refractivity contribution is 7.99. The molecule has 0 fully saturated rings. The van der Waals surface area contributed by atoms with Crippen molar-refractivity contribution in [2.24, 2.45) is 0 Å². The Morgan fingerprint density at radius 3 is 2.52 bits per heavy atom. The molecule has 1 heterocycles. The molecule has 0 saturated carbocycles. The van der Waals surface area contributed by atoms with E-state index in [9.17, 15) is 18.5 Å². The molecule has 0 aliphatic heterocycles. The summed E-state index contributed by atoms with van der Waals surface area (Å²) in [6, 6.07) is 9.59. The number of nitro benzene ring substituents is 1. The van der Waals surface area contributed by atoms with Crippen LogP contribution in [0.1, 0.15) is 30.9 Å². The SMILES string of the molecule is CCN(CC)S(=O)(=O)c1ccc(Sc2nnc(COc3cc(C)ccc3C)o2)c([N+](=O)[O-])c1. The second-order valence-corrected chi connectivity index (χ2v) is 10.0. The zero-order valence-corrected chi connectivity index (χ0v) is 20.3. The van der Waals surface area contributed by atoms with E-state index in [1.807, 2.05) is 32.0 Å². The molecule has 3 rings (SSSR count). The lowest BCUT2D eigenvalue weighted by Crippen LogP contribution is -2.30. The first-order valence-electron chi connectivity index (χ1n) is 10.1. The smallest absolute Gasteiger partial charge is 0.284 e. The van der Waals surface area contributed by atoms with E-state index in [4.69, 9.17) is 9.15 Å². The van der Waals surface area contributed by atoms with E-state index in [2.05, 4.69) is 10.2 Å². The molecule has 0 N–H and O–H groups in total. The Labute approximate surface area is 196 Å². The van der Waals surface area contributed by atoms with E-state index < -0.39 is 14.9 Å². The monoisotopic (exact) mass is 492 g/mol. The minimum Gasteiger partial charge on any atom is -0.484 e. The summed E-state index contributed by atoms with van der Waals surface area (Å²) in [5.41, 5.74) is 1.65. The lowest BCUT2D eigenvalue weighted by atomic mass is 10.1. The van der Waals surface area contributed by atoms with E-state index in [0.717, 1.165) is 29.0 Å². The molecule has 0 atom stereocenters. The number of aryl methyl sites for hydroxylation is 2. The van der Waals surface area contributed by atoms with Crippen molar-refractivity contribution in [2.75, 3.05) is 13.1 Å². The molecular weight excluding hydrogens is 468 g/mol. The molecule has 12 heteroatoms. The predicted molar refractivity (Wildman–Crippen MR) is 122 cm³/mol. The molecule has 33 heavy (non-hydrogen) atoms. The average Bonchev–Trinajstić information content (AvgIpc) is 3.22. The predicted octanol–water partition coefficient (Wildman–Crippen LogP) is 4.36. The van der Waals surface area contributed by atoms with Crippen molar-refractivity contribution >= 4 is 27.5 Å². The summed E-state index contributed by atoms with van der Waals surface area (Å²) in [5.74, 6) is 0.907. The van der Waals surface area contributed by atoms with Crippen molar-refractivity contribution in [2.45, 2.75) is 49.3 Å². The van der Waals surface area contributed by atoms with Gasteiger partial charge in [-0.15, -0.1) is 10.2 Å². The van der Waals surface area contributed by atoms with Crippen molar-refractivity contribution < 1.29 is 22.5 Å². The molecule has 176 valence electrons. The summed E-state index contributed by atoms with van der Waals surface area (Å²) >= 11 is 0.884. The molecule has 2 aromatic carbocycles. The van der Waals surface area contributed by atoms with Crippen LogP contribution in [0.4, 0.5) is 5.69 Å². The van der Waals surface area contributed by atoms with Gasteiger partial charge in [0.15, 0.2) is 6.61 Å². The maximum atomic E-state index is 12.7. The van der Waals surface area contributed by atoms with Crippen LogP contribution in [0.3, 0.4) is 0 Å². The van der Waals surface area contributed by atoms with Crippen LogP contribution in [0.15, 0.2) is 55.8 Å². The Morgan fingerprint density at radius 1 is 1.12 bits per heavy atom. The Bertz CT molecular complexity index is 1260. The fraction of sp³-hybridized carbons (Fsp3) is 0.333. The van der Waals surface area contributed by atoms with Gasteiger partial charge in [-0.05, 0) is 54.9 Å². The van der Waals surface area contributed by atoms with Crippen molar-refractivity contribution in [3.63, 3.8) is 0 Å². The quantitative estimate of drug-likeness (QED) is 0.299. The molecule has 0 radical (unpaired) electrons. The maximum absolute atomic E-state index is 12.7. The van der Waals surface area contributed by atoms with Crippen molar-refractivity contribution in [1.29, 1.82) is 0 Å². The molecule has 1 aromatic heterocycles. The van der Waals surface area contributed by atoms with Gasteiger partial charge in [-0.3, -0.25) is 10.1 Å². The number of rotatable bonds is 10. The van der Waals surface area contributed by atoms with Gasteiger partial charge in [-0.2, -0.15) is 4.31 Å². The molecule has 0 aliphatic rings. The van der Waals surface area contributed by atoms with E-state index in [0.29, 0.717) is 5.75 Å². The Hall–Kier alpha value is -2.96. The van der Waals surface area contributed by atoms with Crippen LogP contribution in [-0.4, -0.2) is 40.9 Å². The van der Waals surface area contributed by atoms with Gasteiger partial charge in [0.25, 0.3) is 16.8 Å². The van der Waals surface area contributed by atoms with Gasteiger partial charge >= 0.3 is 0 Å². The molecule has 0 spiro atoms. The van der Waals surface area contributed by atoms with Gasteiger partial charge in [0.1, 0.15) is 5.75 Å². The highest BCUT2D eigenvalue weighted by Gasteiger charge is 2.26. The summed E-state index contributed by atoms with van der Waals surface area (Å²) in [7, 11) is -3.83. The summed E-state index contributed by atoms with van der Waals surface area (Å²) in [6.45, 7) is 7.86. The number of nitro groups is 1. The maximum Gasteiger partial charge on any atom is 0.284 e. The van der Waals surface area contributed by atoms with Crippen LogP contribution in [0.25, 0.3) is 0 Å². The molecule has 0 saturated heterocycles. The zero-order valence-electron chi connectivity index (χ0n) is 18.6. The normalized spacial score (nSPS) is 11.7. The van der Waals surface area contributed by atoms with Crippen LogP contribution < -0.4 is 4.74 Å². The molecule has 0 amide bonds. The number of benzene rings is 2. The third-order valence-electron chi connectivity index (χ3n) is 4.81. The van der Waals surface area contributed by atoms with Crippen LogP contribution in [0, 0.1) is 24.0 Å². The fourth-order valence-corrected chi connectivity index (χ4v) is 5.29. The molecule has 3 aromatic rings. The summed E-state index contributed by atoms with van der Waals surface area (Å²) < 4.78 is 38.0. The number of aromatic nitrogens is 2. The highest BCUT2D eigenvalue weighted by atomic mass is 32.2. The van der Waals surface area contributed by atoms with Crippen LogP contribution in [-0.2, 0) is 16.6 Å². The first-order valence-corrected chi connectivity index (χ1v) is 12.4. The van der Waals surface area contributed by atoms with Gasteiger partial charge in [0, 0.05) is 19.2 Å². The van der Waals surface area contributed by atoms with Crippen molar-refractivity contribution in [3.05, 3.63) is 63.5 Å². The van der Waals surface area contributed by atoms with Gasteiger partial charge in [0.05, 0.1) is 14.7 Å². The number of nitrogens with zero attached hydrogens (tertiary/aromatic N) is 4. The van der Waals surface area contributed by atoms with E-state index in [-0.39, 0.29) is 46.3 Å². The van der Waals surface area contributed by atoms with Gasteiger partial charge in [-0.25, -0.2) is 8.42 Å². The van der Waals surface area contributed by atoms with Crippen LogP contribution in [0.2, 0.25) is 0 Å². The zero-order chi connectivity index (χ0) is 24.2. The molecule has 0 aliphatic carbocycles. The average molecular weight is 493 g/mol. The van der Waals surface area contributed by atoms with Crippen LogP contribution >= 0.6 is 11.8 Å². The Kier molecular flexibility index (Phi) is 7.72. The number of ether oxygens (including phenoxy) is 1. The molecule has 0 unspecified atom stereocenters. The highest BCUT2D eigenvalue weighted by Crippen LogP contribution is 2.36. The van der Waals surface area contributed by atoms with Gasteiger partial charge < -0.3 is 9.15 Å². The fourth-order valence-electron chi connectivity index (χ4n) is 3.03. The number of hydrogen-bond donors (Lipinski definition) is 0. The van der Waals surface area contributed by atoms with Gasteiger partial charge in [-0.1, -0.05) is 26.0 Å². The molecule has 10 nitrogen and oxygen atoms in total. The summed E-state index contributed by atoms with van der Waals surface area (Å²) in [4.78, 5) is 11.0. The van der Waals surface area contributed by atoms with Crippen molar-refractivity contribution in [3.8, 4) is 5.75 Å². The standard InChI is InChI=1S/C21H24N4O6S2/c1-5-24(6-2)33(28,29)16-9-10-19(17(12-16)25(26)27)32-21-23-22-20(31-21)13-30-18-11-14(3)7-8-15(18)4/h7-12H,5-6,13H2,1-4H3. The lowest BCUT2D eigenvalue weighted by Gasteiger charge is -2.18. The minimum absolute atomic E-state index is 0.0427. The van der Waals surface area contributed by atoms with Gasteiger partial charge in [0.2, 0.25) is 10.0 Å². The molecule has 0 bridgehead atoms. The van der Waals surface area contributed by atoms with Crippen molar-refractivity contribution in [1.82, 2.24) is 14.5 Å². The second-order valence-electron chi connectivity index (χ2n) is 7.10. The Morgan fingerprint density at radius 2 is 1.85 bits per heavy atom. The van der Waals surface area contributed by atoms with E-state index in [1.54, 1.807) is 13.8 Å². The minimum atomic E-state index is -3.83. The number of sulfonamides is 1.